The summed E-state index contributed by atoms with van der Waals surface area (Å²) >= 11 is 0. The molecule has 2 fully saturated rings. The molecule has 1 N–H and O–H groups in total. The number of carbonyl (C=O) groups is 1. The van der Waals surface area contributed by atoms with Gasteiger partial charge in [0.1, 0.15) is 6.17 Å². The fraction of sp³-hybridized carbons (Fsp3) is 0.588. The fourth-order valence-corrected chi connectivity index (χ4v) is 3.12. The van der Waals surface area contributed by atoms with Crippen LogP contribution >= 0.6 is 0 Å². The second-order valence-electron chi connectivity index (χ2n) is 6.57. The van der Waals surface area contributed by atoms with E-state index < -0.39 is 5.54 Å². The van der Waals surface area contributed by atoms with Crippen molar-refractivity contribution < 1.29 is 4.79 Å². The van der Waals surface area contributed by atoms with E-state index in [9.17, 15) is 4.79 Å². The lowest BCUT2D eigenvalue weighted by Gasteiger charge is -2.24. The molecule has 0 radical (unpaired) electrons. The van der Waals surface area contributed by atoms with Gasteiger partial charge in [0, 0.05) is 6.54 Å². The Morgan fingerprint density at radius 3 is 2.55 bits per heavy atom. The zero-order valence-electron chi connectivity index (χ0n) is 12.6. The number of hydrogen-bond donors (Lipinski definition) is 1. The molecule has 2 aliphatic rings. The average molecular weight is 272 g/mol. The monoisotopic (exact) mass is 272 g/mol. The Bertz CT molecular complexity index is 501. The van der Waals surface area contributed by atoms with Crippen molar-refractivity contribution in [3.8, 4) is 0 Å². The summed E-state index contributed by atoms with van der Waals surface area (Å²) in [4.78, 5) is 14.8. The van der Waals surface area contributed by atoms with Crippen molar-refractivity contribution in [2.24, 2.45) is 11.8 Å². The van der Waals surface area contributed by atoms with Gasteiger partial charge in [-0.15, -0.1) is 0 Å². The Labute approximate surface area is 121 Å². The largest absolute Gasteiger partial charge is 0.321 e. The first kappa shape index (κ1) is 13.6. The number of benzene rings is 1. The molecular weight excluding hydrogens is 248 g/mol. The molecule has 1 heterocycles. The van der Waals surface area contributed by atoms with E-state index in [-0.39, 0.29) is 12.1 Å². The molecule has 0 bridgehead atoms. The number of hydrogen-bond acceptors (Lipinski definition) is 2. The van der Waals surface area contributed by atoms with E-state index in [1.807, 2.05) is 25.1 Å². The molecule has 108 valence electrons. The molecule has 1 aromatic rings. The number of rotatable bonds is 4. The molecule has 4 atom stereocenters. The summed E-state index contributed by atoms with van der Waals surface area (Å²) in [6, 6.07) is 10.3. The van der Waals surface area contributed by atoms with Crippen LogP contribution in [0.4, 0.5) is 0 Å². The number of amides is 1. The van der Waals surface area contributed by atoms with Gasteiger partial charge in [-0.1, -0.05) is 44.2 Å². The van der Waals surface area contributed by atoms with Gasteiger partial charge in [0.25, 0.3) is 0 Å². The lowest BCUT2D eigenvalue weighted by Crippen LogP contribution is -2.43. The van der Waals surface area contributed by atoms with Gasteiger partial charge in [-0.05, 0) is 37.2 Å². The molecule has 3 nitrogen and oxygen atoms in total. The number of nitrogens with one attached hydrogen (secondary N) is 1. The van der Waals surface area contributed by atoms with Crippen molar-refractivity contribution in [3.05, 3.63) is 35.9 Å². The molecular formula is C17H24N2O. The minimum absolute atomic E-state index is 0.0291. The maximum Gasteiger partial charge on any atom is 0.244 e. The highest BCUT2D eigenvalue weighted by molar-refractivity contribution is 5.88. The molecule has 1 aromatic carbocycles. The van der Waals surface area contributed by atoms with Crippen molar-refractivity contribution in [1.82, 2.24) is 10.2 Å². The third-order valence-corrected chi connectivity index (χ3v) is 5.03. The van der Waals surface area contributed by atoms with E-state index in [2.05, 4.69) is 36.2 Å². The summed E-state index contributed by atoms with van der Waals surface area (Å²) in [5.74, 6) is 1.71. The van der Waals surface area contributed by atoms with Gasteiger partial charge in [0.05, 0.1) is 5.54 Å². The maximum absolute atomic E-state index is 12.8. The smallest absolute Gasteiger partial charge is 0.244 e. The number of carbonyl (C=O) groups excluding carboxylic acids is 1. The molecule has 3 heteroatoms. The number of nitrogens with zero attached hydrogens (tertiary/aromatic N) is 1. The fourth-order valence-electron chi connectivity index (χ4n) is 3.12. The highest BCUT2D eigenvalue weighted by atomic mass is 16.2. The van der Waals surface area contributed by atoms with Gasteiger partial charge in [-0.3, -0.25) is 10.1 Å². The molecule has 4 unspecified atom stereocenters. The van der Waals surface area contributed by atoms with Gasteiger partial charge in [0.2, 0.25) is 5.91 Å². The van der Waals surface area contributed by atoms with E-state index in [1.54, 1.807) is 0 Å². The van der Waals surface area contributed by atoms with Crippen LogP contribution in [0.3, 0.4) is 0 Å². The van der Waals surface area contributed by atoms with Crippen LogP contribution in [0.15, 0.2) is 30.3 Å². The first-order chi connectivity index (χ1) is 9.55. The molecule has 1 amide bonds. The average Bonchev–Trinajstić information content (AvgIpc) is 3.11. The van der Waals surface area contributed by atoms with E-state index in [4.69, 9.17) is 0 Å². The topological polar surface area (TPSA) is 32.3 Å². The van der Waals surface area contributed by atoms with Crippen LogP contribution in [0, 0.1) is 11.8 Å². The predicted octanol–water partition coefficient (Wildman–Crippen LogP) is 2.94. The molecule has 20 heavy (non-hydrogen) atoms. The molecule has 1 aliphatic carbocycles. The lowest BCUT2D eigenvalue weighted by atomic mass is 9.99. The molecule has 1 saturated heterocycles. The Hall–Kier alpha value is -1.35. The van der Waals surface area contributed by atoms with Crippen LogP contribution in [-0.2, 0) is 4.79 Å². The lowest BCUT2D eigenvalue weighted by molar-refractivity contribution is -0.133. The third-order valence-electron chi connectivity index (χ3n) is 5.03. The Morgan fingerprint density at radius 1 is 1.35 bits per heavy atom. The van der Waals surface area contributed by atoms with Crippen molar-refractivity contribution in [2.45, 2.75) is 45.3 Å². The molecule has 1 saturated carbocycles. The molecule has 3 rings (SSSR count). The van der Waals surface area contributed by atoms with Crippen LogP contribution in [0.5, 0.6) is 0 Å². The van der Waals surface area contributed by atoms with Crippen LogP contribution in [0.25, 0.3) is 0 Å². The van der Waals surface area contributed by atoms with Crippen LogP contribution in [0.2, 0.25) is 0 Å². The third kappa shape index (κ3) is 2.24. The Kier molecular flexibility index (Phi) is 3.33. The summed E-state index contributed by atoms with van der Waals surface area (Å²) < 4.78 is 0. The quantitative estimate of drug-likeness (QED) is 0.914. The summed E-state index contributed by atoms with van der Waals surface area (Å²) in [7, 11) is 0. The summed E-state index contributed by atoms with van der Waals surface area (Å²) in [5, 5.41) is 3.56. The van der Waals surface area contributed by atoms with Crippen molar-refractivity contribution in [1.29, 1.82) is 0 Å². The predicted molar refractivity (Wildman–Crippen MR) is 80.0 cm³/mol. The second kappa shape index (κ2) is 4.88. The van der Waals surface area contributed by atoms with E-state index in [0.29, 0.717) is 5.92 Å². The first-order valence-electron chi connectivity index (χ1n) is 7.69. The van der Waals surface area contributed by atoms with Crippen LogP contribution < -0.4 is 5.32 Å². The van der Waals surface area contributed by atoms with E-state index in [0.717, 1.165) is 18.9 Å². The highest BCUT2D eigenvalue weighted by Gasteiger charge is 2.49. The first-order valence-corrected chi connectivity index (χ1v) is 7.69. The molecule has 0 aromatic heterocycles. The molecule has 1 aliphatic heterocycles. The van der Waals surface area contributed by atoms with Crippen LogP contribution in [-0.4, -0.2) is 22.9 Å². The van der Waals surface area contributed by atoms with E-state index >= 15 is 0 Å². The van der Waals surface area contributed by atoms with Crippen molar-refractivity contribution >= 4 is 5.91 Å². The zero-order valence-corrected chi connectivity index (χ0v) is 12.6. The minimum Gasteiger partial charge on any atom is -0.321 e. The van der Waals surface area contributed by atoms with Gasteiger partial charge < -0.3 is 4.90 Å². The molecule has 0 spiro atoms. The Balaban J connectivity index is 1.87. The van der Waals surface area contributed by atoms with Crippen molar-refractivity contribution in [3.63, 3.8) is 0 Å². The summed E-state index contributed by atoms with van der Waals surface area (Å²) in [6.07, 6.45) is 2.11. The zero-order chi connectivity index (χ0) is 14.3. The van der Waals surface area contributed by atoms with Gasteiger partial charge in [-0.25, -0.2) is 0 Å². The Morgan fingerprint density at radius 2 is 2.00 bits per heavy atom. The SMILES string of the molecule is CCC1(C)NC(c2ccccc2)N(CC2CC2C)C1=O. The van der Waals surface area contributed by atoms with Crippen LogP contribution in [0.1, 0.15) is 45.3 Å². The highest BCUT2D eigenvalue weighted by Crippen LogP contribution is 2.42. The van der Waals surface area contributed by atoms with E-state index in [1.165, 1.54) is 12.0 Å². The summed E-state index contributed by atoms with van der Waals surface area (Å²) in [6.45, 7) is 7.27. The minimum atomic E-state index is -0.418. The van der Waals surface area contributed by atoms with Gasteiger partial charge in [0.15, 0.2) is 0 Å². The van der Waals surface area contributed by atoms with Gasteiger partial charge in [-0.2, -0.15) is 0 Å². The van der Waals surface area contributed by atoms with Gasteiger partial charge >= 0.3 is 0 Å². The second-order valence-corrected chi connectivity index (χ2v) is 6.57. The standard InChI is InChI=1S/C17H24N2O/c1-4-17(3)16(20)19(11-14-10-12(14)2)15(18-17)13-8-6-5-7-9-13/h5-9,12,14-15,18H,4,10-11H2,1-3H3. The normalized spacial score (nSPS) is 36.5. The summed E-state index contributed by atoms with van der Waals surface area (Å²) in [5.41, 5.74) is 0.768. The van der Waals surface area contributed by atoms with Crippen molar-refractivity contribution in [2.75, 3.05) is 6.54 Å². The maximum atomic E-state index is 12.8.